The van der Waals surface area contributed by atoms with Gasteiger partial charge in [0.25, 0.3) is 0 Å². The summed E-state index contributed by atoms with van der Waals surface area (Å²) in [6.07, 6.45) is 0. The quantitative estimate of drug-likeness (QED) is 0.237. The molecule has 0 atom stereocenters. The first kappa shape index (κ1) is 19.4. The third-order valence-electron chi connectivity index (χ3n) is 6.72. The van der Waals surface area contributed by atoms with Gasteiger partial charge >= 0.3 is 0 Å². The Hall–Kier alpha value is -4.07. The Balaban J connectivity index is 1.70. The summed E-state index contributed by atoms with van der Waals surface area (Å²) in [5, 5.41) is 7.83. The predicted octanol–water partition coefficient (Wildman–Crippen LogP) is 9.88. The lowest BCUT2D eigenvalue weighted by Crippen LogP contribution is -1.91. The smallest absolute Gasteiger partial charge is 0.136 e. The molecule has 0 spiro atoms. The van der Waals surface area contributed by atoms with Gasteiger partial charge < -0.3 is 4.42 Å². The van der Waals surface area contributed by atoms with Crippen LogP contribution < -0.4 is 0 Å². The highest BCUT2D eigenvalue weighted by Crippen LogP contribution is 2.46. The van der Waals surface area contributed by atoms with Crippen LogP contribution in [0, 0.1) is 0 Å². The minimum absolute atomic E-state index is 0.677. The van der Waals surface area contributed by atoms with E-state index in [2.05, 4.69) is 97.1 Å². The van der Waals surface area contributed by atoms with Gasteiger partial charge in [-0.1, -0.05) is 103 Å². The molecule has 1 aromatic heterocycles. The Morgan fingerprint density at radius 3 is 1.76 bits per heavy atom. The maximum absolute atomic E-state index is 6.27. The fraction of sp³-hybridized carbons (Fsp3) is 0. The molecule has 0 aliphatic carbocycles. The zero-order chi connectivity index (χ0) is 22.6. The fourth-order valence-electron chi connectivity index (χ4n) is 5.34. The van der Waals surface area contributed by atoms with Crippen LogP contribution in [0.3, 0.4) is 0 Å². The lowest BCUT2D eigenvalue weighted by atomic mass is 9.85. The third-order valence-corrected chi connectivity index (χ3v) is 6.96. The van der Waals surface area contributed by atoms with Gasteiger partial charge in [-0.15, -0.1) is 0 Å². The topological polar surface area (TPSA) is 13.1 Å². The van der Waals surface area contributed by atoms with Crippen molar-refractivity contribution >= 4 is 55.1 Å². The van der Waals surface area contributed by atoms with Crippen molar-refractivity contribution in [2.75, 3.05) is 0 Å². The summed E-state index contributed by atoms with van der Waals surface area (Å²) in [7, 11) is 0. The minimum Gasteiger partial charge on any atom is -0.456 e. The molecule has 7 rings (SSSR count). The third kappa shape index (κ3) is 2.81. The van der Waals surface area contributed by atoms with E-state index in [4.69, 9.17) is 16.0 Å². The Bertz CT molecular complexity index is 1800. The summed E-state index contributed by atoms with van der Waals surface area (Å²) in [5.74, 6) is 0. The highest BCUT2D eigenvalue weighted by atomic mass is 35.5. The molecule has 1 nitrogen and oxygen atoms in total. The molecule has 34 heavy (non-hydrogen) atoms. The van der Waals surface area contributed by atoms with Gasteiger partial charge in [0, 0.05) is 21.9 Å². The maximum Gasteiger partial charge on any atom is 0.136 e. The molecule has 0 aliphatic heterocycles. The van der Waals surface area contributed by atoms with Gasteiger partial charge in [-0.2, -0.15) is 0 Å². The molecule has 6 aromatic carbocycles. The molecule has 7 aromatic rings. The van der Waals surface area contributed by atoms with E-state index >= 15 is 0 Å². The number of rotatable bonds is 2. The van der Waals surface area contributed by atoms with Crippen LogP contribution in [0.15, 0.2) is 120 Å². The first-order valence-electron chi connectivity index (χ1n) is 11.4. The Morgan fingerprint density at radius 2 is 1.09 bits per heavy atom. The van der Waals surface area contributed by atoms with Crippen LogP contribution in [0.1, 0.15) is 0 Å². The van der Waals surface area contributed by atoms with Crippen molar-refractivity contribution in [1.29, 1.82) is 0 Å². The Kier molecular flexibility index (Phi) is 4.27. The van der Waals surface area contributed by atoms with Crippen molar-refractivity contribution in [2.45, 2.75) is 0 Å². The highest BCUT2D eigenvalue weighted by Gasteiger charge is 2.19. The first-order chi connectivity index (χ1) is 16.8. The highest BCUT2D eigenvalue weighted by molar-refractivity contribution is 6.32. The molecular weight excluding hydrogens is 436 g/mol. The molecule has 0 radical (unpaired) electrons. The number of fused-ring (bicyclic) bond motifs is 5. The Morgan fingerprint density at radius 1 is 0.471 bits per heavy atom. The molecule has 0 saturated heterocycles. The number of hydrogen-bond donors (Lipinski definition) is 0. The molecule has 0 bridgehead atoms. The fourth-order valence-corrected chi connectivity index (χ4v) is 5.50. The van der Waals surface area contributed by atoms with Crippen LogP contribution in [0.4, 0.5) is 0 Å². The molecule has 0 saturated carbocycles. The van der Waals surface area contributed by atoms with E-state index in [9.17, 15) is 0 Å². The van der Waals surface area contributed by atoms with Gasteiger partial charge in [0.2, 0.25) is 0 Å². The second-order valence-corrected chi connectivity index (χ2v) is 9.06. The van der Waals surface area contributed by atoms with Crippen molar-refractivity contribution in [2.24, 2.45) is 0 Å². The number of halogens is 1. The van der Waals surface area contributed by atoms with E-state index in [1.165, 1.54) is 43.8 Å². The summed E-state index contributed by atoms with van der Waals surface area (Å²) in [6.45, 7) is 0. The van der Waals surface area contributed by atoms with Crippen LogP contribution in [-0.2, 0) is 0 Å². The van der Waals surface area contributed by atoms with E-state index in [1.54, 1.807) is 0 Å². The largest absolute Gasteiger partial charge is 0.456 e. The molecule has 160 valence electrons. The number of hydrogen-bond acceptors (Lipinski definition) is 1. The van der Waals surface area contributed by atoms with Crippen molar-refractivity contribution in [3.8, 4) is 22.3 Å². The second-order valence-electron chi connectivity index (χ2n) is 8.63. The second kappa shape index (κ2) is 7.48. The van der Waals surface area contributed by atoms with Crippen LogP contribution in [0.5, 0.6) is 0 Å². The van der Waals surface area contributed by atoms with Crippen molar-refractivity contribution in [3.63, 3.8) is 0 Å². The van der Waals surface area contributed by atoms with E-state index in [0.29, 0.717) is 5.02 Å². The van der Waals surface area contributed by atoms with Crippen LogP contribution in [-0.4, -0.2) is 0 Å². The zero-order valence-electron chi connectivity index (χ0n) is 18.3. The molecule has 0 N–H and O–H groups in total. The molecule has 1 heterocycles. The van der Waals surface area contributed by atoms with E-state index in [0.717, 1.165) is 21.9 Å². The molecule has 2 heteroatoms. The number of benzene rings is 6. The minimum atomic E-state index is 0.677. The molecule has 0 aliphatic rings. The normalized spacial score (nSPS) is 11.7. The van der Waals surface area contributed by atoms with Gasteiger partial charge in [-0.05, 0) is 62.0 Å². The lowest BCUT2D eigenvalue weighted by Gasteiger charge is -2.18. The lowest BCUT2D eigenvalue weighted by molar-refractivity contribution is 0.669. The molecule has 0 unspecified atom stereocenters. The van der Waals surface area contributed by atoms with E-state index < -0.39 is 0 Å². The summed E-state index contributed by atoms with van der Waals surface area (Å²) < 4.78 is 6.23. The standard InChI is InChI=1S/C32H19ClO/c33-21-17-18-26-29(19-21)34-28-16-8-15-27(32(26)28)31-24-13-6-4-11-22(24)30(20-9-2-1-3-10-20)23-12-5-7-14-25(23)31/h1-19H. The van der Waals surface area contributed by atoms with E-state index in [1.807, 2.05) is 18.2 Å². The van der Waals surface area contributed by atoms with Crippen molar-refractivity contribution in [3.05, 3.63) is 120 Å². The predicted molar refractivity (Wildman–Crippen MR) is 145 cm³/mol. The van der Waals surface area contributed by atoms with Crippen molar-refractivity contribution < 1.29 is 4.42 Å². The molecular formula is C32H19ClO. The summed E-state index contributed by atoms with van der Waals surface area (Å²) in [5.41, 5.74) is 6.58. The van der Waals surface area contributed by atoms with Gasteiger partial charge in [-0.3, -0.25) is 0 Å². The molecule has 0 fully saturated rings. The van der Waals surface area contributed by atoms with Gasteiger partial charge in [0.05, 0.1) is 0 Å². The zero-order valence-corrected chi connectivity index (χ0v) is 19.0. The SMILES string of the molecule is Clc1ccc2c(c1)oc1cccc(-c3c4ccccc4c(-c4ccccc4)c4ccccc34)c12. The van der Waals surface area contributed by atoms with Crippen LogP contribution in [0.25, 0.3) is 65.7 Å². The average Bonchev–Trinajstić information content (AvgIpc) is 3.25. The first-order valence-corrected chi connectivity index (χ1v) is 11.8. The maximum atomic E-state index is 6.27. The van der Waals surface area contributed by atoms with Gasteiger partial charge in [0.15, 0.2) is 0 Å². The summed E-state index contributed by atoms with van der Waals surface area (Å²) in [4.78, 5) is 0. The molecule has 0 amide bonds. The van der Waals surface area contributed by atoms with Crippen LogP contribution in [0.2, 0.25) is 5.02 Å². The summed E-state index contributed by atoms with van der Waals surface area (Å²) >= 11 is 6.27. The average molecular weight is 455 g/mol. The van der Waals surface area contributed by atoms with Crippen molar-refractivity contribution in [1.82, 2.24) is 0 Å². The Labute approximate surface area is 201 Å². The number of furan rings is 1. The van der Waals surface area contributed by atoms with Gasteiger partial charge in [0.1, 0.15) is 11.2 Å². The van der Waals surface area contributed by atoms with Gasteiger partial charge in [-0.25, -0.2) is 0 Å². The summed E-state index contributed by atoms with van der Waals surface area (Å²) in [6, 6.07) is 40.4. The monoisotopic (exact) mass is 454 g/mol. The van der Waals surface area contributed by atoms with E-state index in [-0.39, 0.29) is 0 Å². The van der Waals surface area contributed by atoms with Crippen LogP contribution >= 0.6 is 11.6 Å².